The highest BCUT2D eigenvalue weighted by atomic mass is 16.5. The van der Waals surface area contributed by atoms with Crippen LogP contribution >= 0.6 is 0 Å². The van der Waals surface area contributed by atoms with Crippen LogP contribution in [0.5, 0.6) is 11.5 Å². The average molecular weight is 393 g/mol. The van der Waals surface area contributed by atoms with Crippen LogP contribution in [0.1, 0.15) is 29.4 Å². The molecule has 1 saturated heterocycles. The first-order chi connectivity index (χ1) is 14.1. The van der Waals surface area contributed by atoms with Crippen LogP contribution in [0.2, 0.25) is 0 Å². The van der Waals surface area contributed by atoms with Crippen molar-refractivity contribution in [3.05, 3.63) is 59.5 Å². The third-order valence-corrected chi connectivity index (χ3v) is 5.24. The first kappa shape index (κ1) is 19.0. The van der Waals surface area contributed by atoms with E-state index < -0.39 is 0 Å². The van der Waals surface area contributed by atoms with Gasteiger partial charge in [-0.2, -0.15) is 4.98 Å². The topological polar surface area (TPSA) is 77.7 Å². The maximum Gasteiger partial charge on any atom is 0.232 e. The molecule has 1 aromatic heterocycles. The molecule has 29 heavy (non-hydrogen) atoms. The summed E-state index contributed by atoms with van der Waals surface area (Å²) in [4.78, 5) is 18.9. The molecule has 2 heterocycles. The van der Waals surface area contributed by atoms with Gasteiger partial charge in [-0.15, -0.1) is 0 Å². The van der Waals surface area contributed by atoms with Gasteiger partial charge in [-0.3, -0.25) is 4.79 Å². The number of carbonyl (C=O) groups is 1. The zero-order chi connectivity index (χ0) is 20.4. The van der Waals surface area contributed by atoms with Gasteiger partial charge in [0.2, 0.25) is 17.6 Å². The number of benzene rings is 2. The fraction of sp³-hybridized carbons (Fsp3) is 0.318. The minimum absolute atomic E-state index is 0.0982. The van der Waals surface area contributed by atoms with Crippen molar-refractivity contribution in [3.8, 4) is 22.9 Å². The summed E-state index contributed by atoms with van der Waals surface area (Å²) in [6.07, 6.45) is 0.370. The van der Waals surface area contributed by atoms with E-state index in [-0.39, 0.29) is 11.8 Å². The summed E-state index contributed by atoms with van der Waals surface area (Å²) in [7, 11) is 3.18. The second-order valence-corrected chi connectivity index (χ2v) is 7.16. The molecule has 3 aromatic rings. The van der Waals surface area contributed by atoms with Crippen molar-refractivity contribution in [2.75, 3.05) is 20.8 Å². The van der Waals surface area contributed by atoms with Crippen molar-refractivity contribution >= 4 is 5.91 Å². The molecule has 0 aliphatic carbocycles. The molecule has 7 heteroatoms. The molecule has 1 fully saturated rings. The van der Waals surface area contributed by atoms with E-state index in [1.54, 1.807) is 20.3 Å². The summed E-state index contributed by atoms with van der Waals surface area (Å²) in [5.41, 5.74) is 3.06. The summed E-state index contributed by atoms with van der Waals surface area (Å²) in [5.74, 6) is 2.20. The Hall–Kier alpha value is -3.35. The van der Waals surface area contributed by atoms with Gasteiger partial charge in [0.15, 0.2) is 0 Å². The van der Waals surface area contributed by atoms with E-state index in [0.29, 0.717) is 42.7 Å². The molecule has 150 valence electrons. The number of rotatable bonds is 6. The summed E-state index contributed by atoms with van der Waals surface area (Å²) < 4.78 is 16.1. The zero-order valence-corrected chi connectivity index (χ0v) is 16.7. The van der Waals surface area contributed by atoms with Gasteiger partial charge in [0.25, 0.3) is 0 Å². The molecule has 1 amide bonds. The molecule has 0 radical (unpaired) electrons. The second-order valence-electron chi connectivity index (χ2n) is 7.16. The van der Waals surface area contributed by atoms with Crippen molar-refractivity contribution in [1.29, 1.82) is 0 Å². The number of methoxy groups -OCH3 is 2. The summed E-state index contributed by atoms with van der Waals surface area (Å²) in [6.45, 7) is 3.21. The van der Waals surface area contributed by atoms with Crippen molar-refractivity contribution in [3.63, 3.8) is 0 Å². The molecule has 1 atom stereocenters. The predicted molar refractivity (Wildman–Crippen MR) is 107 cm³/mol. The Morgan fingerprint density at radius 2 is 1.86 bits per heavy atom. The van der Waals surface area contributed by atoms with Gasteiger partial charge >= 0.3 is 0 Å². The fourth-order valence-electron chi connectivity index (χ4n) is 3.54. The molecule has 0 bridgehead atoms. The Morgan fingerprint density at radius 1 is 1.14 bits per heavy atom. The van der Waals surface area contributed by atoms with Crippen LogP contribution in [-0.4, -0.2) is 41.7 Å². The van der Waals surface area contributed by atoms with Crippen molar-refractivity contribution < 1.29 is 18.8 Å². The number of aryl methyl sites for hydroxylation is 1. The monoisotopic (exact) mass is 393 g/mol. The van der Waals surface area contributed by atoms with Crippen molar-refractivity contribution in [2.45, 2.75) is 25.8 Å². The molecule has 1 aliphatic rings. The Morgan fingerprint density at radius 3 is 2.55 bits per heavy atom. The van der Waals surface area contributed by atoms with Gasteiger partial charge in [0.1, 0.15) is 11.5 Å². The summed E-state index contributed by atoms with van der Waals surface area (Å²) in [6, 6.07) is 13.5. The smallest absolute Gasteiger partial charge is 0.232 e. The van der Waals surface area contributed by atoms with Crippen molar-refractivity contribution in [2.24, 2.45) is 0 Å². The molecular formula is C22H23N3O4. The lowest BCUT2D eigenvalue weighted by Crippen LogP contribution is -2.24. The molecule has 0 N–H and O–H groups in total. The standard InChI is InChI=1S/C22H23N3O4/c1-14-6-4-5-7-15(14)12-25-13-17(10-20(25)26)22-23-21(24-29-22)16-8-18(27-2)11-19(9-16)28-3/h4-9,11,17H,10,12-13H2,1-3H3. The number of amides is 1. The van der Waals surface area contributed by atoms with Crippen LogP contribution in [0.4, 0.5) is 0 Å². The lowest BCUT2D eigenvalue weighted by molar-refractivity contribution is -0.128. The molecule has 2 aromatic carbocycles. The highest BCUT2D eigenvalue weighted by Crippen LogP contribution is 2.32. The van der Waals surface area contributed by atoms with E-state index in [1.165, 1.54) is 5.56 Å². The lowest BCUT2D eigenvalue weighted by Gasteiger charge is -2.17. The largest absolute Gasteiger partial charge is 0.497 e. The maximum atomic E-state index is 12.5. The number of nitrogens with zero attached hydrogens (tertiary/aromatic N) is 3. The predicted octanol–water partition coefficient (Wildman–Crippen LogP) is 3.58. The first-order valence-electron chi connectivity index (χ1n) is 9.46. The van der Waals surface area contributed by atoms with Crippen LogP contribution in [0.25, 0.3) is 11.4 Å². The van der Waals surface area contributed by atoms with Crippen LogP contribution < -0.4 is 9.47 Å². The molecular weight excluding hydrogens is 370 g/mol. The Bertz CT molecular complexity index is 1010. The van der Waals surface area contributed by atoms with Crippen molar-refractivity contribution in [1.82, 2.24) is 15.0 Å². The minimum atomic E-state index is -0.111. The SMILES string of the molecule is COc1cc(OC)cc(-c2noc(C3CC(=O)N(Cc4ccccc4C)C3)n2)c1. The fourth-order valence-corrected chi connectivity index (χ4v) is 3.54. The highest BCUT2D eigenvalue weighted by molar-refractivity contribution is 5.79. The first-order valence-corrected chi connectivity index (χ1v) is 9.46. The quantitative estimate of drug-likeness (QED) is 0.637. The third-order valence-electron chi connectivity index (χ3n) is 5.24. The minimum Gasteiger partial charge on any atom is -0.497 e. The zero-order valence-electron chi connectivity index (χ0n) is 16.7. The molecule has 0 saturated carbocycles. The van der Waals surface area contributed by atoms with Gasteiger partial charge in [0, 0.05) is 31.1 Å². The maximum absolute atomic E-state index is 12.5. The Kier molecular flexibility index (Phi) is 5.20. The number of aromatic nitrogens is 2. The van der Waals surface area contributed by atoms with E-state index in [0.717, 1.165) is 11.1 Å². The Balaban J connectivity index is 1.52. The van der Waals surface area contributed by atoms with Gasteiger partial charge in [-0.05, 0) is 30.2 Å². The van der Waals surface area contributed by atoms with E-state index in [9.17, 15) is 4.79 Å². The molecule has 1 aliphatic heterocycles. The van der Waals surface area contributed by atoms with E-state index in [2.05, 4.69) is 29.2 Å². The van der Waals surface area contributed by atoms with Gasteiger partial charge in [0.05, 0.1) is 20.1 Å². The van der Waals surface area contributed by atoms with E-state index in [1.807, 2.05) is 29.2 Å². The van der Waals surface area contributed by atoms with Crippen LogP contribution in [0.3, 0.4) is 0 Å². The van der Waals surface area contributed by atoms with Crippen LogP contribution in [-0.2, 0) is 11.3 Å². The number of carbonyl (C=O) groups excluding carboxylic acids is 1. The summed E-state index contributed by atoms with van der Waals surface area (Å²) >= 11 is 0. The highest BCUT2D eigenvalue weighted by Gasteiger charge is 2.34. The van der Waals surface area contributed by atoms with Crippen LogP contribution in [0.15, 0.2) is 47.0 Å². The molecule has 7 nitrogen and oxygen atoms in total. The third kappa shape index (κ3) is 3.94. The number of ether oxygens (including phenoxy) is 2. The van der Waals surface area contributed by atoms with Gasteiger partial charge in [-0.25, -0.2) is 0 Å². The molecule has 4 rings (SSSR count). The van der Waals surface area contributed by atoms with Crippen LogP contribution in [0, 0.1) is 6.92 Å². The van der Waals surface area contributed by atoms with E-state index >= 15 is 0 Å². The van der Waals surface area contributed by atoms with E-state index in [4.69, 9.17) is 14.0 Å². The number of hydrogen-bond acceptors (Lipinski definition) is 6. The number of hydrogen-bond donors (Lipinski definition) is 0. The van der Waals surface area contributed by atoms with Gasteiger partial charge < -0.3 is 18.9 Å². The van der Waals surface area contributed by atoms with Gasteiger partial charge in [-0.1, -0.05) is 29.4 Å². The average Bonchev–Trinajstić information content (AvgIpc) is 3.36. The number of likely N-dealkylation sites (tertiary alicyclic amines) is 1. The Labute approximate surface area is 169 Å². The lowest BCUT2D eigenvalue weighted by atomic mass is 10.1. The normalized spacial score (nSPS) is 16.3. The molecule has 0 spiro atoms. The second kappa shape index (κ2) is 7.95. The summed E-state index contributed by atoms with van der Waals surface area (Å²) in [5, 5.41) is 4.10. The molecule has 1 unspecified atom stereocenters.